The molecule has 1 N–H and O–H groups in total. The summed E-state index contributed by atoms with van der Waals surface area (Å²) in [5.41, 5.74) is 0. The van der Waals surface area contributed by atoms with Gasteiger partial charge in [-0.25, -0.2) is 18.1 Å². The molecule has 2 aromatic heterocycles. The third kappa shape index (κ3) is 4.58. The normalized spacial score (nSPS) is 20.0. The highest BCUT2D eigenvalue weighted by atomic mass is 35.5. The molecule has 2 aliphatic heterocycles. The zero-order valence-corrected chi connectivity index (χ0v) is 19.8. The first-order valence-electron chi connectivity index (χ1n) is 10.6. The number of aromatic nitrogens is 1. The standard InChI is InChI=1S/C22H24ClN3O4S2/c23-17-14-31-19-5-4-18-22(21(17)19)30-16(13-29-18)12-26-9-6-15(7-10-26)11-25-32(27,28)20-3-1-2-8-24-20/h1-5,8,14-16,25H,6-7,9-13H2. The van der Waals surface area contributed by atoms with Crippen LogP contribution in [0.15, 0.2) is 46.9 Å². The summed E-state index contributed by atoms with van der Waals surface area (Å²) in [5.74, 6) is 1.79. The van der Waals surface area contributed by atoms with E-state index in [0.717, 1.165) is 54.1 Å². The minimum absolute atomic E-state index is 0.0620. The first-order chi connectivity index (χ1) is 15.5. The zero-order valence-electron chi connectivity index (χ0n) is 17.4. The Morgan fingerprint density at radius 1 is 1.22 bits per heavy atom. The largest absolute Gasteiger partial charge is 0.486 e. The van der Waals surface area contributed by atoms with Crippen molar-refractivity contribution in [2.24, 2.45) is 5.92 Å². The number of hydrogen-bond acceptors (Lipinski definition) is 7. The van der Waals surface area contributed by atoms with Crippen molar-refractivity contribution in [3.63, 3.8) is 0 Å². The fourth-order valence-corrected chi connectivity index (χ4v) is 6.47. The molecular weight excluding hydrogens is 470 g/mol. The van der Waals surface area contributed by atoms with Crippen LogP contribution in [-0.4, -0.2) is 57.2 Å². The summed E-state index contributed by atoms with van der Waals surface area (Å²) in [4.78, 5) is 6.30. The van der Waals surface area contributed by atoms with Crippen LogP contribution < -0.4 is 14.2 Å². The number of sulfonamides is 1. The topological polar surface area (TPSA) is 80.8 Å². The monoisotopic (exact) mass is 493 g/mol. The molecular formula is C22H24ClN3O4S2. The van der Waals surface area contributed by atoms with Crippen LogP contribution in [0.25, 0.3) is 10.1 Å². The molecule has 32 heavy (non-hydrogen) atoms. The number of hydrogen-bond donors (Lipinski definition) is 1. The van der Waals surface area contributed by atoms with Crippen molar-refractivity contribution in [3.05, 3.63) is 46.9 Å². The van der Waals surface area contributed by atoms with Crippen LogP contribution in [0.1, 0.15) is 12.8 Å². The van der Waals surface area contributed by atoms with Gasteiger partial charge >= 0.3 is 0 Å². The number of nitrogens with one attached hydrogen (secondary N) is 1. The number of benzene rings is 1. The lowest BCUT2D eigenvalue weighted by Gasteiger charge is -2.35. The summed E-state index contributed by atoms with van der Waals surface area (Å²) in [7, 11) is -3.56. The van der Waals surface area contributed by atoms with Gasteiger partial charge in [0.25, 0.3) is 10.0 Å². The molecule has 0 radical (unpaired) electrons. The Morgan fingerprint density at radius 3 is 2.84 bits per heavy atom. The molecule has 0 amide bonds. The van der Waals surface area contributed by atoms with E-state index < -0.39 is 10.0 Å². The summed E-state index contributed by atoms with van der Waals surface area (Å²) in [6.45, 7) is 3.49. The van der Waals surface area contributed by atoms with Crippen LogP contribution in [0.3, 0.4) is 0 Å². The van der Waals surface area contributed by atoms with E-state index in [9.17, 15) is 8.42 Å². The van der Waals surface area contributed by atoms with Crippen molar-refractivity contribution in [1.82, 2.24) is 14.6 Å². The minimum Gasteiger partial charge on any atom is -0.486 e. The van der Waals surface area contributed by atoms with Gasteiger partial charge in [0.15, 0.2) is 16.5 Å². The van der Waals surface area contributed by atoms with Crippen molar-refractivity contribution < 1.29 is 17.9 Å². The van der Waals surface area contributed by atoms with Gasteiger partial charge < -0.3 is 9.47 Å². The number of ether oxygens (including phenoxy) is 2. The molecule has 1 saturated heterocycles. The predicted molar refractivity (Wildman–Crippen MR) is 125 cm³/mol. The Kier molecular flexibility index (Phi) is 6.26. The lowest BCUT2D eigenvalue weighted by molar-refractivity contribution is 0.0495. The molecule has 3 aromatic rings. The number of nitrogens with zero attached hydrogens (tertiary/aromatic N) is 2. The maximum absolute atomic E-state index is 12.4. The molecule has 170 valence electrons. The third-order valence-corrected chi connectivity index (χ3v) is 8.68. The summed E-state index contributed by atoms with van der Waals surface area (Å²) < 4.78 is 40.8. The Balaban J connectivity index is 1.14. The van der Waals surface area contributed by atoms with Gasteiger partial charge in [0.1, 0.15) is 12.7 Å². The first-order valence-corrected chi connectivity index (χ1v) is 13.4. The maximum atomic E-state index is 12.4. The first kappa shape index (κ1) is 21.9. The molecule has 0 bridgehead atoms. The number of pyridine rings is 1. The second-order valence-corrected chi connectivity index (χ2v) is 11.2. The molecule has 1 atom stereocenters. The van der Waals surface area contributed by atoms with Crippen LogP contribution in [0.2, 0.25) is 5.02 Å². The number of likely N-dealkylation sites (tertiary alicyclic amines) is 1. The second kappa shape index (κ2) is 9.15. The number of halogens is 1. The predicted octanol–water partition coefficient (Wildman–Crippen LogP) is 3.78. The lowest BCUT2D eigenvalue weighted by atomic mass is 9.97. The van der Waals surface area contributed by atoms with Gasteiger partial charge in [0.05, 0.1) is 10.4 Å². The fraction of sp³-hybridized carbons (Fsp3) is 0.409. The summed E-state index contributed by atoms with van der Waals surface area (Å²) in [6.07, 6.45) is 3.27. The van der Waals surface area contributed by atoms with Gasteiger partial charge in [-0.15, -0.1) is 11.3 Å². The second-order valence-electron chi connectivity index (χ2n) is 8.16. The highest BCUT2D eigenvalue weighted by Crippen LogP contribution is 2.44. The van der Waals surface area contributed by atoms with Crippen LogP contribution in [0, 0.1) is 5.92 Å². The molecule has 10 heteroatoms. The van der Waals surface area contributed by atoms with Gasteiger partial charge in [0, 0.05) is 29.4 Å². The van der Waals surface area contributed by atoms with Gasteiger partial charge in [-0.2, -0.15) is 0 Å². The Hall–Kier alpha value is -1.91. The van der Waals surface area contributed by atoms with Crippen LogP contribution in [0.4, 0.5) is 0 Å². The Labute approximate surface area is 196 Å². The van der Waals surface area contributed by atoms with Gasteiger partial charge in [-0.1, -0.05) is 17.7 Å². The van der Waals surface area contributed by atoms with Crippen molar-refractivity contribution in [1.29, 1.82) is 0 Å². The summed E-state index contributed by atoms with van der Waals surface area (Å²) in [5, 5.41) is 3.61. The number of thiophene rings is 1. The van der Waals surface area contributed by atoms with Gasteiger partial charge in [-0.3, -0.25) is 4.90 Å². The highest BCUT2D eigenvalue weighted by Gasteiger charge is 2.29. The van der Waals surface area contributed by atoms with Gasteiger partial charge in [-0.05, 0) is 56.1 Å². The van der Waals surface area contributed by atoms with Crippen LogP contribution in [-0.2, 0) is 10.0 Å². The quantitative estimate of drug-likeness (QED) is 0.563. The van der Waals surface area contributed by atoms with E-state index in [1.165, 1.54) is 12.3 Å². The number of fused-ring (bicyclic) bond motifs is 3. The third-order valence-electron chi connectivity index (χ3n) is 5.96. The van der Waals surface area contributed by atoms with E-state index in [1.54, 1.807) is 23.5 Å². The van der Waals surface area contributed by atoms with E-state index in [-0.39, 0.29) is 11.1 Å². The van der Waals surface area contributed by atoms with Crippen molar-refractivity contribution >= 4 is 43.0 Å². The van der Waals surface area contributed by atoms with E-state index in [2.05, 4.69) is 14.6 Å². The molecule has 0 spiro atoms. The molecule has 7 nitrogen and oxygen atoms in total. The summed E-state index contributed by atoms with van der Waals surface area (Å²) >= 11 is 7.98. The van der Waals surface area contributed by atoms with E-state index in [0.29, 0.717) is 24.1 Å². The lowest BCUT2D eigenvalue weighted by Crippen LogP contribution is -2.45. The summed E-state index contributed by atoms with van der Waals surface area (Å²) in [6, 6.07) is 8.84. The van der Waals surface area contributed by atoms with Crippen molar-refractivity contribution in [2.45, 2.75) is 24.0 Å². The van der Waals surface area contributed by atoms with E-state index in [1.807, 2.05) is 17.5 Å². The molecule has 4 heterocycles. The molecule has 1 aromatic carbocycles. The smallest absolute Gasteiger partial charge is 0.258 e. The fourth-order valence-electron chi connectivity index (χ4n) is 4.22. The van der Waals surface area contributed by atoms with Crippen LogP contribution in [0.5, 0.6) is 11.5 Å². The molecule has 2 aliphatic rings. The van der Waals surface area contributed by atoms with Crippen molar-refractivity contribution in [2.75, 3.05) is 32.8 Å². The average molecular weight is 494 g/mol. The molecule has 5 rings (SSSR count). The highest BCUT2D eigenvalue weighted by molar-refractivity contribution is 7.89. The van der Waals surface area contributed by atoms with E-state index in [4.69, 9.17) is 21.1 Å². The van der Waals surface area contributed by atoms with Crippen molar-refractivity contribution in [3.8, 4) is 11.5 Å². The molecule has 1 fully saturated rings. The maximum Gasteiger partial charge on any atom is 0.258 e. The van der Waals surface area contributed by atoms with E-state index >= 15 is 0 Å². The number of piperidine rings is 1. The van der Waals surface area contributed by atoms with Gasteiger partial charge in [0.2, 0.25) is 0 Å². The Morgan fingerprint density at radius 2 is 2.06 bits per heavy atom. The average Bonchev–Trinajstić information content (AvgIpc) is 3.20. The van der Waals surface area contributed by atoms with Crippen LogP contribution >= 0.6 is 22.9 Å². The zero-order chi connectivity index (χ0) is 22.1. The SMILES string of the molecule is O=S(=O)(NCC1CCN(CC2COc3ccc4scc(Cl)c4c3O2)CC1)c1ccccn1. The molecule has 0 saturated carbocycles. The molecule has 1 unspecified atom stereocenters. The minimum atomic E-state index is -3.56. The molecule has 0 aliphatic carbocycles. The number of rotatable bonds is 6. The Bertz CT molecular complexity index is 1190.